The maximum Gasteiger partial charge on any atom is 0.341 e. The summed E-state index contributed by atoms with van der Waals surface area (Å²) in [5, 5.41) is 0. The minimum Gasteiger partial charge on any atom is -0.462 e. The molecule has 1 aliphatic rings. The molecule has 0 spiro atoms. The number of ketones is 1. The summed E-state index contributed by atoms with van der Waals surface area (Å²) in [4.78, 5) is 35.4. The van der Waals surface area contributed by atoms with Gasteiger partial charge in [0.2, 0.25) is 0 Å². The average Bonchev–Trinajstić information content (AvgIpc) is 2.39. The monoisotopic (exact) mass is 259 g/mol. The van der Waals surface area contributed by atoms with Crippen LogP contribution in [0.5, 0.6) is 0 Å². The molecule has 0 radical (unpaired) electrons. The van der Waals surface area contributed by atoms with E-state index in [1.165, 1.54) is 6.20 Å². The Labute approximate surface area is 110 Å². The molecule has 1 aromatic heterocycles. The molecule has 0 saturated heterocycles. The van der Waals surface area contributed by atoms with Crippen LogP contribution in [0.25, 0.3) is 0 Å². The average molecular weight is 259 g/mol. The number of aliphatic imine (C=N–C) groups is 1. The Balaban J connectivity index is 2.34. The van der Waals surface area contributed by atoms with Gasteiger partial charge in [0.1, 0.15) is 0 Å². The van der Waals surface area contributed by atoms with Gasteiger partial charge in [0.25, 0.3) is 0 Å². The molecule has 98 valence electrons. The van der Waals surface area contributed by atoms with Crippen LogP contribution >= 0.6 is 0 Å². The van der Waals surface area contributed by atoms with Crippen molar-refractivity contribution < 1.29 is 14.3 Å². The number of carbonyl (C=O) groups excluding carboxylic acids is 2. The van der Waals surface area contributed by atoms with Crippen molar-refractivity contribution in [1.29, 1.82) is 0 Å². The van der Waals surface area contributed by atoms with Gasteiger partial charge in [-0.1, -0.05) is 6.08 Å². The molecule has 0 N–H and O–H groups in total. The largest absolute Gasteiger partial charge is 0.462 e. The predicted molar refractivity (Wildman–Crippen MR) is 68.0 cm³/mol. The fourth-order valence-electron chi connectivity index (χ4n) is 1.63. The standard InChI is InChI=1S/C13H13N3O3/c1-3-19-13(18)9-7-15-12(16-8(9)2)11-10(17)5-4-6-14-11/h4,6-7H,3,5H2,1-2H3. The Bertz CT molecular complexity index is 591. The van der Waals surface area contributed by atoms with Gasteiger partial charge >= 0.3 is 5.97 Å². The van der Waals surface area contributed by atoms with E-state index in [-0.39, 0.29) is 23.9 Å². The van der Waals surface area contributed by atoms with Crippen molar-refractivity contribution in [1.82, 2.24) is 9.97 Å². The van der Waals surface area contributed by atoms with Crippen molar-refractivity contribution in [3.63, 3.8) is 0 Å². The molecule has 2 rings (SSSR count). The third-order valence-electron chi connectivity index (χ3n) is 2.56. The van der Waals surface area contributed by atoms with Gasteiger partial charge in [-0.05, 0) is 13.8 Å². The highest BCUT2D eigenvalue weighted by atomic mass is 16.5. The van der Waals surface area contributed by atoms with Crippen LogP contribution in [0, 0.1) is 6.92 Å². The SMILES string of the molecule is CCOC(=O)c1cnc(C2=NC=CCC2=O)nc1C. The first-order valence-corrected chi connectivity index (χ1v) is 5.90. The van der Waals surface area contributed by atoms with Gasteiger partial charge < -0.3 is 4.74 Å². The molecular weight excluding hydrogens is 246 g/mol. The van der Waals surface area contributed by atoms with E-state index in [0.29, 0.717) is 17.7 Å². The lowest BCUT2D eigenvalue weighted by Crippen LogP contribution is -2.21. The summed E-state index contributed by atoms with van der Waals surface area (Å²) in [5.74, 6) is -0.367. The number of aromatic nitrogens is 2. The van der Waals surface area contributed by atoms with Crippen LogP contribution in [0.4, 0.5) is 0 Å². The highest BCUT2D eigenvalue weighted by Gasteiger charge is 2.20. The number of carbonyl (C=O) groups is 2. The lowest BCUT2D eigenvalue weighted by molar-refractivity contribution is -0.112. The molecule has 19 heavy (non-hydrogen) atoms. The van der Waals surface area contributed by atoms with Crippen LogP contribution in [-0.2, 0) is 9.53 Å². The van der Waals surface area contributed by atoms with Crippen LogP contribution in [0.15, 0.2) is 23.5 Å². The van der Waals surface area contributed by atoms with E-state index in [9.17, 15) is 9.59 Å². The van der Waals surface area contributed by atoms with Crippen LogP contribution < -0.4 is 0 Å². The first kappa shape index (κ1) is 13.1. The highest BCUT2D eigenvalue weighted by Crippen LogP contribution is 2.10. The lowest BCUT2D eigenvalue weighted by Gasteiger charge is -2.08. The second-order valence-electron chi connectivity index (χ2n) is 3.90. The van der Waals surface area contributed by atoms with Crippen molar-refractivity contribution in [3.8, 4) is 0 Å². The topological polar surface area (TPSA) is 81.5 Å². The van der Waals surface area contributed by atoms with Crippen molar-refractivity contribution in [2.24, 2.45) is 4.99 Å². The van der Waals surface area contributed by atoms with Crippen molar-refractivity contribution >= 4 is 17.5 Å². The number of aryl methyl sites for hydroxylation is 1. The Morgan fingerprint density at radius 1 is 1.47 bits per heavy atom. The molecule has 0 saturated carbocycles. The minimum absolute atomic E-state index is 0.134. The summed E-state index contributed by atoms with van der Waals surface area (Å²) >= 11 is 0. The molecule has 0 atom stereocenters. The molecule has 6 heteroatoms. The fourth-order valence-corrected chi connectivity index (χ4v) is 1.63. The van der Waals surface area contributed by atoms with Gasteiger partial charge in [-0.25, -0.2) is 19.8 Å². The highest BCUT2D eigenvalue weighted by molar-refractivity contribution is 6.46. The number of esters is 1. The fraction of sp³-hybridized carbons (Fsp3) is 0.308. The molecule has 0 unspecified atom stereocenters. The normalized spacial score (nSPS) is 14.2. The first-order valence-electron chi connectivity index (χ1n) is 5.90. The van der Waals surface area contributed by atoms with Crippen molar-refractivity contribution in [2.45, 2.75) is 20.3 Å². The van der Waals surface area contributed by atoms with Crippen LogP contribution in [0.3, 0.4) is 0 Å². The number of ether oxygens (including phenoxy) is 1. The zero-order chi connectivity index (χ0) is 13.8. The van der Waals surface area contributed by atoms with E-state index in [1.807, 2.05) is 0 Å². The summed E-state index contributed by atoms with van der Waals surface area (Å²) < 4.78 is 4.89. The van der Waals surface area contributed by atoms with E-state index in [0.717, 1.165) is 0 Å². The third kappa shape index (κ3) is 2.73. The van der Waals surface area contributed by atoms with Crippen molar-refractivity contribution in [3.05, 3.63) is 35.6 Å². The quantitative estimate of drug-likeness (QED) is 0.763. The molecule has 6 nitrogen and oxygen atoms in total. The first-order chi connectivity index (χ1) is 9.13. The maximum absolute atomic E-state index is 11.7. The lowest BCUT2D eigenvalue weighted by atomic mass is 10.1. The molecule has 0 aromatic carbocycles. The van der Waals surface area contributed by atoms with Gasteiger partial charge in [-0.15, -0.1) is 0 Å². The summed E-state index contributed by atoms with van der Waals surface area (Å²) in [5.41, 5.74) is 0.986. The molecule has 0 aliphatic carbocycles. The summed E-state index contributed by atoms with van der Waals surface area (Å²) in [6, 6.07) is 0. The molecule has 0 fully saturated rings. The van der Waals surface area contributed by atoms with Gasteiger partial charge in [0.15, 0.2) is 17.3 Å². The molecule has 0 bridgehead atoms. The number of allylic oxidation sites excluding steroid dienone is 1. The predicted octanol–water partition coefficient (Wildman–Crippen LogP) is 1.24. The summed E-state index contributed by atoms with van der Waals surface area (Å²) in [7, 11) is 0. The molecule has 2 heterocycles. The number of hydrogen-bond acceptors (Lipinski definition) is 6. The minimum atomic E-state index is -0.469. The number of nitrogens with zero attached hydrogens (tertiary/aromatic N) is 3. The number of rotatable bonds is 3. The molecular formula is C13H13N3O3. The zero-order valence-corrected chi connectivity index (χ0v) is 10.7. The Morgan fingerprint density at radius 3 is 2.89 bits per heavy atom. The summed E-state index contributed by atoms with van der Waals surface area (Å²) in [6.45, 7) is 3.68. The smallest absolute Gasteiger partial charge is 0.341 e. The van der Waals surface area contributed by atoms with Gasteiger partial charge in [0.05, 0.1) is 17.9 Å². The van der Waals surface area contributed by atoms with Crippen molar-refractivity contribution in [2.75, 3.05) is 6.61 Å². The van der Waals surface area contributed by atoms with E-state index >= 15 is 0 Å². The van der Waals surface area contributed by atoms with Gasteiger partial charge in [-0.2, -0.15) is 0 Å². The number of hydrogen-bond donors (Lipinski definition) is 0. The third-order valence-corrected chi connectivity index (χ3v) is 2.56. The second kappa shape index (κ2) is 5.51. The summed E-state index contributed by atoms with van der Waals surface area (Å²) in [6.07, 6.45) is 4.88. The van der Waals surface area contributed by atoms with Gasteiger partial charge in [-0.3, -0.25) is 4.79 Å². The number of Topliss-reactive ketones (excluding diaryl/α,β-unsaturated/α-hetero) is 1. The van der Waals surface area contributed by atoms with E-state index in [2.05, 4.69) is 15.0 Å². The van der Waals surface area contributed by atoms with Crippen LogP contribution in [0.1, 0.15) is 35.2 Å². The van der Waals surface area contributed by atoms with E-state index in [4.69, 9.17) is 4.74 Å². The van der Waals surface area contributed by atoms with E-state index < -0.39 is 5.97 Å². The molecule has 1 aliphatic heterocycles. The van der Waals surface area contributed by atoms with Crippen LogP contribution in [0.2, 0.25) is 0 Å². The molecule has 0 amide bonds. The van der Waals surface area contributed by atoms with Crippen LogP contribution in [-0.4, -0.2) is 34.0 Å². The Morgan fingerprint density at radius 2 is 2.26 bits per heavy atom. The molecule has 1 aromatic rings. The zero-order valence-electron chi connectivity index (χ0n) is 10.7. The Kier molecular flexibility index (Phi) is 3.79. The maximum atomic E-state index is 11.7. The van der Waals surface area contributed by atoms with Gasteiger partial charge in [0, 0.05) is 18.8 Å². The van der Waals surface area contributed by atoms with E-state index in [1.54, 1.807) is 26.1 Å². The second-order valence-corrected chi connectivity index (χ2v) is 3.90. The Hall–Kier alpha value is -2.37.